The molecule has 2 N–H and O–H groups in total. The molecule has 0 spiro atoms. The molecule has 2 aromatic carbocycles. The van der Waals surface area contributed by atoms with Crippen molar-refractivity contribution in [1.29, 1.82) is 0 Å². The number of para-hydroxylation sites is 1. The van der Waals surface area contributed by atoms with Gasteiger partial charge < -0.3 is 9.73 Å². The minimum atomic E-state index is -4.01. The van der Waals surface area contributed by atoms with E-state index in [9.17, 15) is 13.2 Å². The number of amides is 1. The highest BCUT2D eigenvalue weighted by Gasteiger charge is 2.22. The summed E-state index contributed by atoms with van der Waals surface area (Å²) in [7, 11) is -4.01. The van der Waals surface area contributed by atoms with Crippen LogP contribution in [0.5, 0.6) is 0 Å². The molecule has 0 unspecified atom stereocenters. The molecule has 146 valence electrons. The number of hydrogen-bond donors (Lipinski definition) is 2. The first-order valence-electron chi connectivity index (χ1n) is 8.72. The average molecular weight is 399 g/mol. The van der Waals surface area contributed by atoms with E-state index in [1.54, 1.807) is 12.1 Å². The summed E-state index contributed by atoms with van der Waals surface area (Å²) in [5.74, 6) is -0.758. The van der Waals surface area contributed by atoms with Gasteiger partial charge in [0.2, 0.25) is 5.88 Å². The molecular weight excluding hydrogens is 378 g/mol. The third kappa shape index (κ3) is 4.40. The molecule has 1 heterocycles. The maximum Gasteiger partial charge on any atom is 0.320 e. The quantitative estimate of drug-likeness (QED) is 0.650. The lowest BCUT2D eigenvalue weighted by Crippen LogP contribution is -2.30. The van der Waals surface area contributed by atoms with E-state index in [2.05, 4.69) is 24.1 Å². The molecule has 0 radical (unpaired) electrons. The topological polar surface area (TPSA) is 101 Å². The Morgan fingerprint density at radius 3 is 2.43 bits per heavy atom. The number of oxazole rings is 1. The Balaban J connectivity index is 1.75. The van der Waals surface area contributed by atoms with Crippen molar-refractivity contribution in [2.75, 3.05) is 5.32 Å². The summed E-state index contributed by atoms with van der Waals surface area (Å²) in [5, 5.41) is 3.07. The van der Waals surface area contributed by atoms with E-state index >= 15 is 0 Å². The Hall–Kier alpha value is -3.13. The van der Waals surface area contributed by atoms with Gasteiger partial charge >= 0.3 is 5.91 Å². The molecule has 1 aromatic heterocycles. The minimum absolute atomic E-state index is 0.0118. The zero-order chi connectivity index (χ0) is 20.3. The average Bonchev–Trinajstić information content (AvgIpc) is 3.11. The van der Waals surface area contributed by atoms with E-state index in [0.717, 1.165) is 16.8 Å². The van der Waals surface area contributed by atoms with Gasteiger partial charge in [-0.25, -0.2) is 18.1 Å². The van der Waals surface area contributed by atoms with Crippen molar-refractivity contribution < 1.29 is 17.6 Å². The van der Waals surface area contributed by atoms with Crippen molar-refractivity contribution in [3.8, 4) is 0 Å². The maximum atomic E-state index is 12.3. The first kappa shape index (κ1) is 19.6. The summed E-state index contributed by atoms with van der Waals surface area (Å²) in [6.07, 6.45) is 1.34. The van der Waals surface area contributed by atoms with Gasteiger partial charge in [-0.2, -0.15) is 0 Å². The van der Waals surface area contributed by atoms with E-state index < -0.39 is 15.9 Å². The molecule has 7 nitrogen and oxygen atoms in total. The van der Waals surface area contributed by atoms with Gasteiger partial charge in [0.05, 0.1) is 11.1 Å². The molecule has 0 atom stereocenters. The van der Waals surface area contributed by atoms with Crippen LogP contribution in [0.25, 0.3) is 0 Å². The van der Waals surface area contributed by atoms with Crippen LogP contribution < -0.4 is 10.0 Å². The number of benzene rings is 2. The minimum Gasteiger partial charge on any atom is -0.416 e. The number of hydrogen-bond acceptors (Lipinski definition) is 6. The van der Waals surface area contributed by atoms with Gasteiger partial charge in [0.1, 0.15) is 0 Å². The molecule has 3 aromatic rings. The van der Waals surface area contributed by atoms with Gasteiger partial charge in [-0.15, -0.1) is 0 Å². The second-order valence-corrected chi connectivity index (χ2v) is 8.33. The number of nitrogens with one attached hydrogen (secondary N) is 2. The Kier molecular flexibility index (Phi) is 5.51. The monoisotopic (exact) mass is 399 g/mol. The molecular formula is C20H21N3O4S. The summed E-state index contributed by atoms with van der Waals surface area (Å²) in [4.78, 5) is 16.1. The van der Waals surface area contributed by atoms with Crippen molar-refractivity contribution in [2.45, 2.75) is 31.6 Å². The van der Waals surface area contributed by atoms with Crippen LogP contribution in [-0.2, 0) is 10.0 Å². The highest BCUT2D eigenvalue weighted by molar-refractivity contribution is 7.90. The molecule has 28 heavy (non-hydrogen) atoms. The molecule has 0 saturated heterocycles. The van der Waals surface area contributed by atoms with Crippen LogP contribution in [0.2, 0.25) is 0 Å². The second kappa shape index (κ2) is 7.85. The summed E-state index contributed by atoms with van der Waals surface area (Å²) in [5.41, 5.74) is 2.81. The summed E-state index contributed by atoms with van der Waals surface area (Å²) in [6, 6.07) is 13.9. The van der Waals surface area contributed by atoms with E-state index in [1.807, 2.05) is 35.9 Å². The fourth-order valence-electron chi connectivity index (χ4n) is 2.63. The number of carbonyl (C=O) groups excluding carboxylic acids is 1. The van der Waals surface area contributed by atoms with Crippen LogP contribution in [0.4, 0.5) is 11.6 Å². The van der Waals surface area contributed by atoms with Crippen LogP contribution >= 0.6 is 0 Å². The lowest BCUT2D eigenvalue weighted by atomic mass is 10.0. The number of aromatic nitrogens is 1. The zero-order valence-electron chi connectivity index (χ0n) is 15.8. The van der Waals surface area contributed by atoms with E-state index in [1.165, 1.54) is 18.3 Å². The lowest BCUT2D eigenvalue weighted by Gasteiger charge is -2.12. The maximum absolute atomic E-state index is 12.3. The van der Waals surface area contributed by atoms with Crippen molar-refractivity contribution in [3.05, 3.63) is 71.7 Å². The van der Waals surface area contributed by atoms with Crippen molar-refractivity contribution >= 4 is 27.5 Å². The van der Waals surface area contributed by atoms with Crippen LogP contribution in [0, 0.1) is 6.92 Å². The lowest BCUT2D eigenvalue weighted by molar-refractivity contribution is 0.0948. The second-order valence-electron chi connectivity index (χ2n) is 6.64. The molecule has 0 aliphatic carbocycles. The summed E-state index contributed by atoms with van der Waals surface area (Å²) in [6.45, 7) is 5.97. The van der Waals surface area contributed by atoms with Crippen LogP contribution in [0.3, 0.4) is 0 Å². The Bertz CT molecular complexity index is 1090. The van der Waals surface area contributed by atoms with E-state index in [0.29, 0.717) is 0 Å². The number of aryl methyl sites for hydroxylation is 1. The standard InChI is InChI=1S/C20H21N3O4S/c1-13(2)16-6-4-5-7-17(16)22-18-12-21-20(27-18)19(24)23-28(25,26)15-10-8-14(3)9-11-15/h4-13,22H,1-3H3,(H,23,24). The normalized spacial score (nSPS) is 11.4. The fraction of sp³-hybridized carbons (Fsp3) is 0.200. The summed E-state index contributed by atoms with van der Waals surface area (Å²) >= 11 is 0. The van der Waals surface area contributed by atoms with Gasteiger partial charge in [-0.05, 0) is 36.6 Å². The van der Waals surface area contributed by atoms with Gasteiger partial charge in [0.25, 0.3) is 15.9 Å². The molecule has 0 aliphatic heterocycles. The largest absolute Gasteiger partial charge is 0.416 e. The Morgan fingerprint density at radius 2 is 1.75 bits per heavy atom. The van der Waals surface area contributed by atoms with Gasteiger partial charge in [-0.3, -0.25) is 4.79 Å². The Labute approximate surface area is 163 Å². The molecule has 1 amide bonds. The molecule has 0 bridgehead atoms. The molecule has 0 saturated carbocycles. The first-order valence-corrected chi connectivity index (χ1v) is 10.2. The number of sulfonamides is 1. The SMILES string of the molecule is Cc1ccc(S(=O)(=O)NC(=O)c2ncc(Nc3ccccc3C(C)C)o2)cc1. The fourth-order valence-corrected chi connectivity index (χ4v) is 3.57. The Morgan fingerprint density at radius 1 is 1.07 bits per heavy atom. The molecule has 0 aliphatic rings. The molecule has 3 rings (SSSR count). The van der Waals surface area contributed by atoms with Crippen molar-refractivity contribution in [2.24, 2.45) is 0 Å². The highest BCUT2D eigenvalue weighted by Crippen LogP contribution is 2.27. The third-order valence-electron chi connectivity index (χ3n) is 4.10. The highest BCUT2D eigenvalue weighted by atomic mass is 32.2. The van der Waals surface area contributed by atoms with Crippen LogP contribution in [0.1, 0.15) is 41.6 Å². The van der Waals surface area contributed by atoms with Gasteiger partial charge in [0, 0.05) is 5.69 Å². The molecule has 8 heteroatoms. The van der Waals surface area contributed by atoms with Crippen molar-refractivity contribution in [1.82, 2.24) is 9.71 Å². The van der Waals surface area contributed by atoms with Crippen LogP contribution in [0.15, 0.2) is 64.0 Å². The van der Waals surface area contributed by atoms with Gasteiger partial charge in [0.15, 0.2) is 0 Å². The third-order valence-corrected chi connectivity index (χ3v) is 5.45. The number of rotatable bonds is 6. The van der Waals surface area contributed by atoms with Crippen molar-refractivity contribution in [3.63, 3.8) is 0 Å². The van der Waals surface area contributed by atoms with Crippen LogP contribution in [-0.4, -0.2) is 19.3 Å². The number of carbonyl (C=O) groups is 1. The number of nitrogens with zero attached hydrogens (tertiary/aromatic N) is 1. The predicted octanol–water partition coefficient (Wildman–Crippen LogP) is 3.97. The van der Waals surface area contributed by atoms with E-state index in [4.69, 9.17) is 4.42 Å². The van der Waals surface area contributed by atoms with Gasteiger partial charge in [-0.1, -0.05) is 49.7 Å². The first-order chi connectivity index (χ1) is 13.3. The predicted molar refractivity (Wildman–Crippen MR) is 106 cm³/mol. The van der Waals surface area contributed by atoms with E-state index in [-0.39, 0.29) is 22.6 Å². The summed E-state index contributed by atoms with van der Waals surface area (Å²) < 4.78 is 32.0. The number of anilines is 2. The molecule has 0 fully saturated rings. The smallest absolute Gasteiger partial charge is 0.320 e. The zero-order valence-corrected chi connectivity index (χ0v) is 16.6.